The summed E-state index contributed by atoms with van der Waals surface area (Å²) in [7, 11) is 0. The summed E-state index contributed by atoms with van der Waals surface area (Å²) >= 11 is 13.7. The number of thiazole rings is 1. The average Bonchev–Trinajstić information content (AvgIpc) is 3.33. The van der Waals surface area contributed by atoms with Crippen LogP contribution in [0.25, 0.3) is 11.5 Å². The molecule has 0 N–H and O–H groups in total. The first-order valence-corrected chi connectivity index (χ1v) is 9.53. The molecular weight excluding hydrogens is 403 g/mol. The van der Waals surface area contributed by atoms with E-state index in [1.54, 1.807) is 47.7 Å². The topological polar surface area (TPSA) is 55.7 Å². The molecular formula is C19H12Cl2N4OS. The molecule has 3 heterocycles. The smallest absolute Gasteiger partial charge is 0.211 e. The second-order valence-corrected chi connectivity index (χ2v) is 7.11. The second-order valence-electron chi connectivity index (χ2n) is 5.43. The van der Waals surface area contributed by atoms with E-state index >= 15 is 0 Å². The third-order valence-corrected chi connectivity index (χ3v) is 4.95. The van der Waals surface area contributed by atoms with Gasteiger partial charge in [0.1, 0.15) is 5.69 Å². The first kappa shape index (κ1) is 17.7. The van der Waals surface area contributed by atoms with E-state index in [0.717, 1.165) is 11.3 Å². The van der Waals surface area contributed by atoms with Crippen molar-refractivity contribution >= 4 is 46.4 Å². The van der Waals surface area contributed by atoms with Gasteiger partial charge in [0.25, 0.3) is 0 Å². The van der Waals surface area contributed by atoms with Crippen LogP contribution in [0.1, 0.15) is 5.56 Å². The van der Waals surface area contributed by atoms with Crippen molar-refractivity contribution in [1.29, 1.82) is 0 Å². The molecule has 0 saturated carbocycles. The summed E-state index contributed by atoms with van der Waals surface area (Å²) in [5, 5.41) is 7.54. The van der Waals surface area contributed by atoms with Crippen LogP contribution < -0.4 is 4.80 Å². The molecule has 134 valence electrons. The van der Waals surface area contributed by atoms with Crippen molar-refractivity contribution in [3.8, 4) is 11.5 Å². The molecule has 4 rings (SSSR count). The molecule has 0 bridgehead atoms. The van der Waals surface area contributed by atoms with Crippen molar-refractivity contribution in [2.45, 2.75) is 0 Å². The molecule has 0 fully saturated rings. The highest BCUT2D eigenvalue weighted by atomic mass is 35.5. The van der Waals surface area contributed by atoms with Crippen LogP contribution >= 0.6 is 34.5 Å². The molecule has 0 atom stereocenters. The van der Waals surface area contributed by atoms with E-state index in [9.17, 15) is 0 Å². The zero-order valence-corrected chi connectivity index (χ0v) is 16.1. The molecule has 27 heavy (non-hydrogen) atoms. The number of furan rings is 1. The van der Waals surface area contributed by atoms with Crippen molar-refractivity contribution in [2.75, 3.05) is 0 Å². The molecule has 0 aliphatic heterocycles. The van der Waals surface area contributed by atoms with Crippen LogP contribution in [-0.4, -0.2) is 15.9 Å². The third-order valence-electron chi connectivity index (χ3n) is 3.59. The lowest BCUT2D eigenvalue weighted by Gasteiger charge is -2.01. The summed E-state index contributed by atoms with van der Waals surface area (Å²) in [5.74, 6) is 0.693. The Bertz CT molecular complexity index is 1150. The van der Waals surface area contributed by atoms with E-state index in [2.05, 4.69) is 15.1 Å². The Kier molecular flexibility index (Phi) is 5.20. The van der Waals surface area contributed by atoms with Crippen LogP contribution in [0, 0.1) is 0 Å². The molecule has 5 nitrogen and oxygen atoms in total. The average molecular weight is 415 g/mol. The fraction of sp³-hybridized carbons (Fsp3) is 0. The van der Waals surface area contributed by atoms with Crippen LogP contribution in [-0.2, 0) is 0 Å². The lowest BCUT2D eigenvalue weighted by molar-refractivity contribution is 0.575. The maximum absolute atomic E-state index is 6.26. The summed E-state index contributed by atoms with van der Waals surface area (Å²) in [6.45, 7) is 0. The molecule has 0 aliphatic carbocycles. The number of benzene rings is 1. The molecule has 0 amide bonds. The fourth-order valence-electron chi connectivity index (χ4n) is 2.34. The molecule has 0 radical (unpaired) electrons. The maximum atomic E-state index is 6.26. The first-order chi connectivity index (χ1) is 13.2. The molecule has 0 aliphatic rings. The summed E-state index contributed by atoms with van der Waals surface area (Å²) in [5.41, 5.74) is 2.27. The van der Waals surface area contributed by atoms with Gasteiger partial charge in [-0.05, 0) is 36.4 Å². The van der Waals surface area contributed by atoms with E-state index in [1.807, 2.05) is 29.6 Å². The molecule has 0 spiro atoms. The predicted molar refractivity (Wildman–Crippen MR) is 109 cm³/mol. The Balaban J connectivity index is 1.84. The third kappa shape index (κ3) is 4.03. The normalized spacial score (nSPS) is 12.1. The molecule has 0 unspecified atom stereocenters. The monoisotopic (exact) mass is 414 g/mol. The van der Waals surface area contributed by atoms with Gasteiger partial charge in [-0.3, -0.25) is 4.98 Å². The summed E-state index contributed by atoms with van der Waals surface area (Å²) in [4.78, 5) is 9.39. The Hall–Kier alpha value is -2.67. The highest BCUT2D eigenvalue weighted by molar-refractivity contribution is 7.07. The minimum Gasteiger partial charge on any atom is -0.463 e. The number of hydrogen-bond acceptors (Lipinski definition) is 5. The number of pyridine rings is 1. The lowest BCUT2D eigenvalue weighted by atomic mass is 10.3. The molecule has 0 saturated heterocycles. The van der Waals surface area contributed by atoms with E-state index in [0.29, 0.717) is 26.3 Å². The van der Waals surface area contributed by atoms with Gasteiger partial charge in [0.05, 0.1) is 23.2 Å². The quantitative estimate of drug-likeness (QED) is 0.406. The van der Waals surface area contributed by atoms with Gasteiger partial charge in [-0.1, -0.05) is 29.3 Å². The molecule has 1 aromatic carbocycles. The van der Waals surface area contributed by atoms with Crippen molar-refractivity contribution in [3.05, 3.63) is 86.9 Å². The number of nitrogens with zero attached hydrogens (tertiary/aromatic N) is 4. The molecule has 8 heteroatoms. The van der Waals surface area contributed by atoms with Gasteiger partial charge in [0.2, 0.25) is 4.80 Å². The van der Waals surface area contributed by atoms with Gasteiger partial charge in [0.15, 0.2) is 5.76 Å². The van der Waals surface area contributed by atoms with Crippen molar-refractivity contribution in [2.24, 2.45) is 10.1 Å². The van der Waals surface area contributed by atoms with E-state index in [-0.39, 0.29) is 0 Å². The zero-order chi connectivity index (χ0) is 18.6. The van der Waals surface area contributed by atoms with Crippen LogP contribution in [0.15, 0.2) is 81.0 Å². The van der Waals surface area contributed by atoms with E-state index in [4.69, 9.17) is 27.6 Å². The van der Waals surface area contributed by atoms with Gasteiger partial charge >= 0.3 is 0 Å². The maximum Gasteiger partial charge on any atom is 0.211 e. The van der Waals surface area contributed by atoms with Crippen molar-refractivity contribution < 1.29 is 4.42 Å². The van der Waals surface area contributed by atoms with Gasteiger partial charge in [-0.15, -0.1) is 11.3 Å². The van der Waals surface area contributed by atoms with Crippen LogP contribution in [0.2, 0.25) is 10.0 Å². The highest BCUT2D eigenvalue weighted by Crippen LogP contribution is 2.28. The number of aromatic nitrogens is 2. The Labute approximate surface area is 168 Å². The molecule has 4 aromatic rings. The summed E-state index contributed by atoms with van der Waals surface area (Å²) < 4.78 is 7.24. The Morgan fingerprint density at radius 3 is 2.81 bits per heavy atom. The molecule has 3 aromatic heterocycles. The van der Waals surface area contributed by atoms with Gasteiger partial charge < -0.3 is 4.42 Å². The standard InChI is InChI=1S/C19H12Cl2N4OS/c20-14-5-6-16(15(21)9-14)24-19-25(23-11-13-3-1-7-22-10-13)17(12-27-19)18-4-2-8-26-18/h1-12H/b23-11+,24-19?. The Morgan fingerprint density at radius 1 is 1.15 bits per heavy atom. The van der Waals surface area contributed by atoms with Gasteiger partial charge in [-0.2, -0.15) is 5.10 Å². The van der Waals surface area contributed by atoms with Crippen LogP contribution in [0.4, 0.5) is 5.69 Å². The first-order valence-electron chi connectivity index (χ1n) is 7.89. The Morgan fingerprint density at radius 2 is 2.07 bits per heavy atom. The van der Waals surface area contributed by atoms with Crippen molar-refractivity contribution in [1.82, 2.24) is 9.66 Å². The number of halogens is 2. The van der Waals surface area contributed by atoms with Gasteiger partial charge in [0, 0.05) is 28.4 Å². The minimum atomic E-state index is 0.471. The lowest BCUT2D eigenvalue weighted by Crippen LogP contribution is -2.11. The van der Waals surface area contributed by atoms with Gasteiger partial charge in [-0.25, -0.2) is 9.67 Å². The fourth-order valence-corrected chi connectivity index (χ4v) is 3.62. The minimum absolute atomic E-state index is 0.471. The largest absolute Gasteiger partial charge is 0.463 e. The second kappa shape index (κ2) is 7.92. The predicted octanol–water partition coefficient (Wildman–Crippen LogP) is 5.63. The van der Waals surface area contributed by atoms with E-state index < -0.39 is 0 Å². The SMILES string of the molecule is Clc1ccc(N=c2scc(-c3ccco3)n2/N=C/c2cccnc2)c(Cl)c1. The summed E-state index contributed by atoms with van der Waals surface area (Å²) in [6.07, 6.45) is 6.78. The highest BCUT2D eigenvalue weighted by Gasteiger charge is 2.10. The van der Waals surface area contributed by atoms with Crippen LogP contribution in [0.3, 0.4) is 0 Å². The van der Waals surface area contributed by atoms with E-state index in [1.165, 1.54) is 11.3 Å². The number of hydrogen-bond donors (Lipinski definition) is 0. The number of rotatable bonds is 4. The summed E-state index contributed by atoms with van der Waals surface area (Å²) in [6, 6.07) is 12.6. The van der Waals surface area contributed by atoms with Crippen LogP contribution in [0.5, 0.6) is 0 Å². The zero-order valence-electron chi connectivity index (χ0n) is 13.8. The van der Waals surface area contributed by atoms with Crippen molar-refractivity contribution in [3.63, 3.8) is 0 Å².